The van der Waals surface area contributed by atoms with Crippen molar-refractivity contribution in [2.75, 3.05) is 5.32 Å². The smallest absolute Gasteiger partial charge is 0.341 e. The normalized spacial score (nSPS) is 23.2. The van der Waals surface area contributed by atoms with Crippen molar-refractivity contribution in [2.24, 2.45) is 0 Å². The van der Waals surface area contributed by atoms with Crippen LogP contribution < -0.4 is 10.6 Å². The van der Waals surface area contributed by atoms with E-state index in [0.29, 0.717) is 5.56 Å². The molecular formula is C16H9F4N3S2. The second kappa shape index (κ2) is 5.43. The number of thiocarbonyl (C=S) groups is 1. The highest BCUT2D eigenvalue weighted by Gasteiger charge is 2.65. The molecule has 2 aromatic rings. The number of anilines is 1. The molecule has 1 aromatic heterocycles. The first kappa shape index (κ1) is 16.3. The van der Waals surface area contributed by atoms with Crippen LogP contribution in [-0.4, -0.2) is 16.3 Å². The lowest BCUT2D eigenvalue weighted by molar-refractivity contribution is -0.181. The molecule has 0 aliphatic carbocycles. The number of halogens is 4. The summed E-state index contributed by atoms with van der Waals surface area (Å²) < 4.78 is 56.9. The van der Waals surface area contributed by atoms with Crippen LogP contribution >= 0.6 is 24.0 Å². The minimum atomic E-state index is -4.73. The van der Waals surface area contributed by atoms with E-state index >= 15 is 0 Å². The summed E-state index contributed by atoms with van der Waals surface area (Å²) in [6, 6.07) is 5.65. The maximum atomic E-state index is 14.3. The van der Waals surface area contributed by atoms with Gasteiger partial charge in [0.1, 0.15) is 5.82 Å². The number of nitrogens with zero attached hydrogens (tertiary/aromatic N) is 1. The van der Waals surface area contributed by atoms with Crippen LogP contribution in [0, 0.1) is 5.82 Å². The van der Waals surface area contributed by atoms with Gasteiger partial charge in [0, 0.05) is 28.5 Å². The quantitative estimate of drug-likeness (QED) is 0.563. The van der Waals surface area contributed by atoms with Crippen LogP contribution in [0.4, 0.5) is 23.2 Å². The molecule has 0 radical (unpaired) electrons. The lowest BCUT2D eigenvalue weighted by Crippen LogP contribution is -2.59. The van der Waals surface area contributed by atoms with E-state index in [-0.39, 0.29) is 26.2 Å². The summed E-state index contributed by atoms with van der Waals surface area (Å²) in [5.41, 5.74) is -2.13. The van der Waals surface area contributed by atoms with Crippen molar-refractivity contribution < 1.29 is 17.6 Å². The fourth-order valence-corrected chi connectivity index (χ4v) is 4.62. The number of aromatic nitrogens is 1. The van der Waals surface area contributed by atoms with Gasteiger partial charge in [-0.25, -0.2) is 4.39 Å². The van der Waals surface area contributed by atoms with E-state index in [2.05, 4.69) is 15.6 Å². The largest absolute Gasteiger partial charge is 0.420 e. The number of hydrogen-bond acceptors (Lipinski definition) is 3. The third-order valence-electron chi connectivity index (χ3n) is 4.02. The predicted octanol–water partition coefficient (Wildman–Crippen LogP) is 4.43. The predicted molar refractivity (Wildman–Crippen MR) is 91.6 cm³/mol. The maximum Gasteiger partial charge on any atom is 0.420 e. The summed E-state index contributed by atoms with van der Waals surface area (Å²) in [5.74, 6) is -0.705. The summed E-state index contributed by atoms with van der Waals surface area (Å²) in [6.45, 7) is 0. The molecule has 1 unspecified atom stereocenters. The van der Waals surface area contributed by atoms with Crippen LogP contribution in [0.15, 0.2) is 46.5 Å². The Balaban J connectivity index is 2.03. The molecule has 9 heteroatoms. The van der Waals surface area contributed by atoms with Gasteiger partial charge in [-0.05, 0) is 42.1 Å². The van der Waals surface area contributed by atoms with Gasteiger partial charge in [-0.3, -0.25) is 4.98 Å². The molecule has 128 valence electrons. The Morgan fingerprint density at radius 3 is 2.72 bits per heavy atom. The summed E-state index contributed by atoms with van der Waals surface area (Å²) in [4.78, 5) is 3.75. The van der Waals surface area contributed by atoms with Crippen LogP contribution in [0.25, 0.3) is 6.08 Å². The fraction of sp³-hybridized carbons (Fsp3) is 0.125. The van der Waals surface area contributed by atoms with Gasteiger partial charge < -0.3 is 10.6 Å². The molecule has 2 N–H and O–H groups in total. The Hall–Kier alpha value is -2.13. The Bertz CT molecular complexity index is 912. The summed E-state index contributed by atoms with van der Waals surface area (Å²) in [6.07, 6.45) is -0.408. The highest BCUT2D eigenvalue weighted by atomic mass is 32.2. The van der Waals surface area contributed by atoms with Gasteiger partial charge in [-0.1, -0.05) is 17.8 Å². The standard InChI is InChI=1S/C16H9F4N3S2/c17-9-3-4-10-12-13(9)25-11(6-8-2-1-5-21-7-8)15(12,16(18,19)20)23-14(24)22-10/h1-7H,(H2,22,23,24)/b11-6-. The van der Waals surface area contributed by atoms with Gasteiger partial charge in [0.05, 0.1) is 4.90 Å². The third-order valence-corrected chi connectivity index (χ3v) is 5.47. The van der Waals surface area contributed by atoms with Gasteiger partial charge in [0.25, 0.3) is 0 Å². The van der Waals surface area contributed by atoms with Gasteiger partial charge in [0.15, 0.2) is 10.7 Å². The fourth-order valence-electron chi connectivity index (χ4n) is 2.99. The van der Waals surface area contributed by atoms with Gasteiger partial charge >= 0.3 is 6.18 Å². The van der Waals surface area contributed by atoms with Gasteiger partial charge in [-0.15, -0.1) is 0 Å². The summed E-state index contributed by atoms with van der Waals surface area (Å²) >= 11 is 5.72. The molecule has 2 aliphatic rings. The minimum absolute atomic E-state index is 0.0625. The van der Waals surface area contributed by atoms with E-state index in [1.54, 1.807) is 12.1 Å². The number of thioether (sulfide) groups is 1. The van der Waals surface area contributed by atoms with Crippen LogP contribution in [0.3, 0.4) is 0 Å². The molecule has 4 rings (SSSR count). The highest BCUT2D eigenvalue weighted by Crippen LogP contribution is 2.62. The van der Waals surface area contributed by atoms with Crippen LogP contribution in [0.2, 0.25) is 0 Å². The first-order valence-electron chi connectivity index (χ1n) is 7.12. The van der Waals surface area contributed by atoms with E-state index in [1.165, 1.54) is 24.5 Å². The monoisotopic (exact) mass is 383 g/mol. The molecule has 0 saturated heterocycles. The second-order valence-corrected chi connectivity index (χ2v) is 6.98. The lowest BCUT2D eigenvalue weighted by Gasteiger charge is -2.39. The zero-order valence-electron chi connectivity index (χ0n) is 12.3. The third kappa shape index (κ3) is 2.33. The molecule has 0 fully saturated rings. The maximum absolute atomic E-state index is 14.3. The molecule has 1 atom stereocenters. The first-order valence-corrected chi connectivity index (χ1v) is 8.34. The van der Waals surface area contributed by atoms with Crippen molar-refractivity contribution in [2.45, 2.75) is 16.6 Å². The molecular weight excluding hydrogens is 374 g/mol. The Kier molecular flexibility index (Phi) is 3.55. The molecule has 25 heavy (non-hydrogen) atoms. The average molecular weight is 383 g/mol. The number of alkyl halides is 3. The van der Waals surface area contributed by atoms with Crippen molar-refractivity contribution in [3.05, 3.63) is 58.5 Å². The van der Waals surface area contributed by atoms with E-state index < -0.39 is 17.5 Å². The zero-order valence-corrected chi connectivity index (χ0v) is 14.0. The van der Waals surface area contributed by atoms with Crippen molar-refractivity contribution in [1.29, 1.82) is 0 Å². The minimum Gasteiger partial charge on any atom is -0.341 e. The molecule has 3 nitrogen and oxygen atoms in total. The van der Waals surface area contributed by atoms with Gasteiger partial charge in [-0.2, -0.15) is 13.2 Å². The van der Waals surface area contributed by atoms with Crippen LogP contribution in [0.1, 0.15) is 11.1 Å². The summed E-state index contributed by atoms with van der Waals surface area (Å²) in [5, 5.41) is 4.86. The highest BCUT2D eigenvalue weighted by molar-refractivity contribution is 8.03. The van der Waals surface area contributed by atoms with E-state index in [9.17, 15) is 17.6 Å². The zero-order chi connectivity index (χ0) is 17.8. The van der Waals surface area contributed by atoms with Crippen LogP contribution in [-0.2, 0) is 5.54 Å². The van der Waals surface area contributed by atoms with Crippen LogP contribution in [0.5, 0.6) is 0 Å². The van der Waals surface area contributed by atoms with Gasteiger partial charge in [0.2, 0.25) is 0 Å². The van der Waals surface area contributed by atoms with Crippen molar-refractivity contribution >= 4 is 40.9 Å². The van der Waals surface area contributed by atoms with E-state index in [0.717, 1.165) is 17.8 Å². The molecule has 0 saturated carbocycles. The number of hydrogen-bond donors (Lipinski definition) is 2. The molecule has 2 aliphatic heterocycles. The number of nitrogens with one attached hydrogen (secondary N) is 2. The number of pyridine rings is 1. The molecule has 3 heterocycles. The Labute approximate surface area is 149 Å². The molecule has 0 spiro atoms. The van der Waals surface area contributed by atoms with E-state index in [4.69, 9.17) is 12.2 Å². The lowest BCUT2D eigenvalue weighted by atomic mass is 9.85. The Morgan fingerprint density at radius 1 is 1.24 bits per heavy atom. The SMILES string of the molecule is Fc1ccc2c3c1S/C(=C\c1cccnc1)C3(C(F)(F)F)NC(=S)N2. The number of benzene rings is 1. The van der Waals surface area contributed by atoms with E-state index in [1.807, 2.05) is 0 Å². The van der Waals surface area contributed by atoms with Crippen molar-refractivity contribution in [1.82, 2.24) is 10.3 Å². The summed E-state index contributed by atoms with van der Waals surface area (Å²) in [7, 11) is 0. The second-order valence-electron chi connectivity index (χ2n) is 5.52. The van der Waals surface area contributed by atoms with Crippen molar-refractivity contribution in [3.63, 3.8) is 0 Å². The molecule has 1 aromatic carbocycles. The van der Waals surface area contributed by atoms with Crippen molar-refractivity contribution in [3.8, 4) is 0 Å². The Morgan fingerprint density at radius 2 is 2.04 bits per heavy atom. The number of rotatable bonds is 1. The topological polar surface area (TPSA) is 37.0 Å². The molecule has 0 amide bonds. The molecule has 0 bridgehead atoms. The first-order chi connectivity index (χ1) is 11.8. The average Bonchev–Trinajstić information content (AvgIpc) is 2.88.